The van der Waals surface area contributed by atoms with Gasteiger partial charge in [-0.1, -0.05) is 54.6 Å². The molecule has 0 aliphatic carbocycles. The number of aliphatic hydroxyl groups excluding tert-OH is 1. The Hall–Kier alpha value is -2.17. The molecule has 1 unspecified atom stereocenters. The van der Waals surface area contributed by atoms with Gasteiger partial charge in [-0.15, -0.1) is 0 Å². The van der Waals surface area contributed by atoms with E-state index in [1.54, 1.807) is 0 Å². The van der Waals surface area contributed by atoms with Crippen molar-refractivity contribution in [1.29, 1.82) is 0 Å². The number of ether oxygens (including phenoxy) is 2. The van der Waals surface area contributed by atoms with E-state index in [-0.39, 0.29) is 6.61 Å². The summed E-state index contributed by atoms with van der Waals surface area (Å²) in [5.41, 5.74) is 3.19. The highest BCUT2D eigenvalue weighted by atomic mass is 16.6. The van der Waals surface area contributed by atoms with Gasteiger partial charge in [-0.3, -0.25) is 0 Å². The first kappa shape index (κ1) is 15.2. The second-order valence-corrected chi connectivity index (χ2v) is 4.57. The van der Waals surface area contributed by atoms with Crippen LogP contribution < -0.4 is 0 Å². The summed E-state index contributed by atoms with van der Waals surface area (Å²) in [6.07, 6.45) is -0.941. The second-order valence-electron chi connectivity index (χ2n) is 4.57. The van der Waals surface area contributed by atoms with E-state index >= 15 is 0 Å². The van der Waals surface area contributed by atoms with Gasteiger partial charge in [0.05, 0.1) is 20.3 Å². The maximum atomic E-state index is 11.3. The lowest BCUT2D eigenvalue weighted by molar-refractivity contribution is -0.157. The number of carbonyl (C=O) groups is 1. The van der Waals surface area contributed by atoms with Gasteiger partial charge in [0.15, 0.2) is 6.10 Å². The van der Waals surface area contributed by atoms with Crippen LogP contribution in [0.25, 0.3) is 11.1 Å². The number of methoxy groups -OCH3 is 1. The smallest absolute Gasteiger partial charge is 0.337 e. The standard InChI is InChI=1S/C17H18O4/c1-20-17(19)16(11-18)21-12-13-7-9-15(10-8-13)14-5-3-2-4-6-14/h2-10,16,18H,11-12H2,1H3. The van der Waals surface area contributed by atoms with Crippen molar-refractivity contribution in [2.24, 2.45) is 0 Å². The maximum Gasteiger partial charge on any atom is 0.337 e. The minimum absolute atomic E-state index is 0.245. The molecule has 2 aromatic carbocycles. The highest BCUT2D eigenvalue weighted by molar-refractivity contribution is 5.74. The summed E-state index contributed by atoms with van der Waals surface area (Å²) in [6, 6.07) is 17.9. The fraction of sp³-hybridized carbons (Fsp3) is 0.235. The Balaban J connectivity index is 1.98. The van der Waals surface area contributed by atoms with E-state index in [4.69, 9.17) is 9.84 Å². The molecule has 0 aliphatic heterocycles. The molecule has 4 heteroatoms. The molecule has 1 N–H and O–H groups in total. The van der Waals surface area contributed by atoms with Crippen LogP contribution in [-0.2, 0) is 20.9 Å². The van der Waals surface area contributed by atoms with E-state index in [1.807, 2.05) is 54.6 Å². The Kier molecular flexibility index (Phi) is 5.49. The van der Waals surface area contributed by atoms with Crippen LogP contribution in [-0.4, -0.2) is 30.9 Å². The van der Waals surface area contributed by atoms with E-state index in [1.165, 1.54) is 7.11 Å². The summed E-state index contributed by atoms with van der Waals surface area (Å²) < 4.78 is 9.90. The zero-order chi connectivity index (χ0) is 15.1. The first-order chi connectivity index (χ1) is 10.2. The largest absolute Gasteiger partial charge is 0.467 e. The lowest BCUT2D eigenvalue weighted by atomic mass is 10.0. The summed E-state index contributed by atoms with van der Waals surface area (Å²) in [5.74, 6) is -0.571. The number of carbonyl (C=O) groups excluding carboxylic acids is 1. The Morgan fingerprint density at radius 1 is 1.05 bits per heavy atom. The van der Waals surface area contributed by atoms with Crippen molar-refractivity contribution in [2.75, 3.05) is 13.7 Å². The molecule has 2 aromatic rings. The third-order valence-corrected chi connectivity index (χ3v) is 3.14. The average molecular weight is 286 g/mol. The van der Waals surface area contributed by atoms with Gasteiger partial charge in [0.1, 0.15) is 0 Å². The maximum absolute atomic E-state index is 11.3. The minimum Gasteiger partial charge on any atom is -0.467 e. The van der Waals surface area contributed by atoms with Crippen molar-refractivity contribution in [2.45, 2.75) is 12.7 Å². The van der Waals surface area contributed by atoms with Crippen LogP contribution >= 0.6 is 0 Å². The van der Waals surface area contributed by atoms with Crippen molar-refractivity contribution in [1.82, 2.24) is 0 Å². The normalized spacial score (nSPS) is 11.9. The molecule has 0 aliphatic rings. The van der Waals surface area contributed by atoms with Crippen LogP contribution in [0.1, 0.15) is 5.56 Å². The third-order valence-electron chi connectivity index (χ3n) is 3.14. The highest BCUT2D eigenvalue weighted by Gasteiger charge is 2.18. The number of benzene rings is 2. The Labute approximate surface area is 123 Å². The van der Waals surface area contributed by atoms with E-state index in [0.29, 0.717) is 0 Å². The predicted octanol–water partition coefficient (Wildman–Crippen LogP) is 2.40. The minimum atomic E-state index is -0.941. The van der Waals surface area contributed by atoms with Crippen LogP contribution in [0.5, 0.6) is 0 Å². The Morgan fingerprint density at radius 3 is 2.24 bits per heavy atom. The van der Waals surface area contributed by atoms with Crippen LogP contribution in [0.2, 0.25) is 0 Å². The molecular weight excluding hydrogens is 268 g/mol. The van der Waals surface area contributed by atoms with E-state index < -0.39 is 18.7 Å². The molecule has 0 saturated heterocycles. The fourth-order valence-corrected chi connectivity index (χ4v) is 1.95. The summed E-state index contributed by atoms with van der Waals surface area (Å²) in [4.78, 5) is 11.3. The van der Waals surface area contributed by atoms with Gasteiger partial charge >= 0.3 is 5.97 Å². The SMILES string of the molecule is COC(=O)C(CO)OCc1ccc(-c2ccccc2)cc1. The monoisotopic (exact) mass is 286 g/mol. The Bertz CT molecular complexity index is 563. The van der Waals surface area contributed by atoms with Crippen LogP contribution in [0.15, 0.2) is 54.6 Å². The number of hydrogen-bond acceptors (Lipinski definition) is 4. The van der Waals surface area contributed by atoms with Gasteiger partial charge in [-0.2, -0.15) is 0 Å². The summed E-state index contributed by atoms with van der Waals surface area (Å²) in [7, 11) is 1.27. The van der Waals surface area contributed by atoms with Crippen molar-refractivity contribution in [3.05, 3.63) is 60.2 Å². The average Bonchev–Trinajstić information content (AvgIpc) is 2.56. The van der Waals surface area contributed by atoms with Crippen molar-refractivity contribution < 1.29 is 19.4 Å². The van der Waals surface area contributed by atoms with Gasteiger partial charge < -0.3 is 14.6 Å². The first-order valence-electron chi connectivity index (χ1n) is 6.69. The van der Waals surface area contributed by atoms with Gasteiger partial charge in [0, 0.05) is 0 Å². The van der Waals surface area contributed by atoms with Crippen molar-refractivity contribution in [3.63, 3.8) is 0 Å². The first-order valence-corrected chi connectivity index (χ1v) is 6.69. The van der Waals surface area contributed by atoms with Crippen molar-refractivity contribution in [3.8, 4) is 11.1 Å². The van der Waals surface area contributed by atoms with E-state index in [0.717, 1.165) is 16.7 Å². The molecule has 0 radical (unpaired) electrons. The van der Waals surface area contributed by atoms with Crippen LogP contribution in [0, 0.1) is 0 Å². The molecule has 4 nitrogen and oxygen atoms in total. The van der Waals surface area contributed by atoms with Gasteiger partial charge in [-0.25, -0.2) is 4.79 Å². The predicted molar refractivity (Wildman–Crippen MR) is 79.6 cm³/mol. The molecule has 0 aromatic heterocycles. The van der Waals surface area contributed by atoms with Gasteiger partial charge in [-0.05, 0) is 16.7 Å². The molecule has 0 saturated carbocycles. The number of rotatable bonds is 6. The number of hydrogen-bond donors (Lipinski definition) is 1. The molecule has 2 rings (SSSR count). The summed E-state index contributed by atoms with van der Waals surface area (Å²) in [6.45, 7) is -0.149. The van der Waals surface area contributed by atoms with E-state index in [2.05, 4.69) is 4.74 Å². The quantitative estimate of drug-likeness (QED) is 0.829. The van der Waals surface area contributed by atoms with Gasteiger partial charge in [0.2, 0.25) is 0 Å². The molecule has 0 heterocycles. The molecule has 0 bridgehead atoms. The molecule has 1 atom stereocenters. The molecule has 21 heavy (non-hydrogen) atoms. The zero-order valence-corrected chi connectivity index (χ0v) is 11.9. The summed E-state index contributed by atoms with van der Waals surface area (Å²) >= 11 is 0. The number of esters is 1. The Morgan fingerprint density at radius 2 is 1.67 bits per heavy atom. The van der Waals surface area contributed by atoms with Crippen LogP contribution in [0.3, 0.4) is 0 Å². The lowest BCUT2D eigenvalue weighted by Crippen LogP contribution is -2.29. The molecule has 110 valence electrons. The molecular formula is C17H18O4. The van der Waals surface area contributed by atoms with Crippen LogP contribution in [0.4, 0.5) is 0 Å². The lowest BCUT2D eigenvalue weighted by Gasteiger charge is -2.13. The molecule has 0 fully saturated rings. The third kappa shape index (κ3) is 4.15. The fourth-order valence-electron chi connectivity index (χ4n) is 1.95. The second kappa shape index (κ2) is 7.57. The molecule has 0 spiro atoms. The highest BCUT2D eigenvalue weighted by Crippen LogP contribution is 2.19. The van der Waals surface area contributed by atoms with E-state index in [9.17, 15) is 4.79 Å². The topological polar surface area (TPSA) is 55.8 Å². The zero-order valence-electron chi connectivity index (χ0n) is 11.9. The summed E-state index contributed by atoms with van der Waals surface area (Å²) in [5, 5.41) is 9.07. The van der Waals surface area contributed by atoms with Gasteiger partial charge in [0.25, 0.3) is 0 Å². The van der Waals surface area contributed by atoms with Crippen molar-refractivity contribution >= 4 is 5.97 Å². The molecule has 0 amide bonds. The number of aliphatic hydroxyl groups is 1.